The van der Waals surface area contributed by atoms with Gasteiger partial charge in [0.1, 0.15) is 5.75 Å². The van der Waals surface area contributed by atoms with Gasteiger partial charge < -0.3 is 15.4 Å². The number of anilines is 1. The minimum atomic E-state index is -0.689. The van der Waals surface area contributed by atoms with E-state index < -0.39 is 11.8 Å². The average Bonchev–Trinajstić information content (AvgIpc) is 2.62. The molecule has 2 aromatic carbocycles. The van der Waals surface area contributed by atoms with E-state index in [0.29, 0.717) is 18.8 Å². The topological polar surface area (TPSA) is 67.4 Å². The van der Waals surface area contributed by atoms with E-state index >= 15 is 0 Å². The van der Waals surface area contributed by atoms with Crippen molar-refractivity contribution in [3.8, 4) is 5.75 Å². The molecule has 5 heteroatoms. The first-order chi connectivity index (χ1) is 11.7. The van der Waals surface area contributed by atoms with Crippen molar-refractivity contribution in [3.63, 3.8) is 0 Å². The van der Waals surface area contributed by atoms with Gasteiger partial charge in [-0.05, 0) is 36.2 Å². The first-order valence-electron chi connectivity index (χ1n) is 8.05. The normalized spacial score (nSPS) is 10.0. The molecule has 0 aliphatic heterocycles. The first kappa shape index (κ1) is 17.5. The van der Waals surface area contributed by atoms with Crippen LogP contribution >= 0.6 is 0 Å². The lowest BCUT2D eigenvalue weighted by Crippen LogP contribution is -2.34. The molecule has 0 aliphatic carbocycles. The van der Waals surface area contributed by atoms with Crippen molar-refractivity contribution in [2.24, 2.45) is 0 Å². The first-order valence-corrected chi connectivity index (χ1v) is 8.05. The lowest BCUT2D eigenvalue weighted by molar-refractivity contribution is -0.136. The highest BCUT2D eigenvalue weighted by molar-refractivity contribution is 6.39. The van der Waals surface area contributed by atoms with Crippen LogP contribution in [-0.2, 0) is 16.1 Å². The van der Waals surface area contributed by atoms with Crippen molar-refractivity contribution in [1.82, 2.24) is 5.32 Å². The van der Waals surface area contributed by atoms with E-state index in [4.69, 9.17) is 4.74 Å². The highest BCUT2D eigenvalue weighted by atomic mass is 16.5. The Labute approximate surface area is 142 Å². The molecule has 0 unspecified atom stereocenters. The van der Waals surface area contributed by atoms with Crippen LogP contribution in [0.2, 0.25) is 0 Å². The summed E-state index contributed by atoms with van der Waals surface area (Å²) in [4.78, 5) is 23.7. The van der Waals surface area contributed by atoms with Crippen LogP contribution in [0.15, 0.2) is 54.6 Å². The number of nitrogens with one attached hydrogen (secondary N) is 2. The van der Waals surface area contributed by atoms with Crippen LogP contribution in [0.25, 0.3) is 0 Å². The van der Waals surface area contributed by atoms with Crippen molar-refractivity contribution in [2.75, 3.05) is 11.9 Å². The van der Waals surface area contributed by atoms with E-state index in [-0.39, 0.29) is 0 Å². The van der Waals surface area contributed by atoms with Crippen molar-refractivity contribution < 1.29 is 14.3 Å². The molecule has 24 heavy (non-hydrogen) atoms. The number of benzene rings is 2. The summed E-state index contributed by atoms with van der Waals surface area (Å²) in [6, 6.07) is 16.4. The number of hydrogen-bond acceptors (Lipinski definition) is 3. The highest BCUT2D eigenvalue weighted by Crippen LogP contribution is 2.16. The van der Waals surface area contributed by atoms with Crippen LogP contribution in [0.3, 0.4) is 0 Å². The van der Waals surface area contributed by atoms with Crippen LogP contribution in [0.4, 0.5) is 5.69 Å². The smallest absolute Gasteiger partial charge is 0.313 e. The number of ether oxygens (including phenoxy) is 1. The van der Waals surface area contributed by atoms with Gasteiger partial charge in [0, 0.05) is 12.2 Å². The molecule has 126 valence electrons. The monoisotopic (exact) mass is 326 g/mol. The third kappa shape index (κ3) is 5.76. The van der Waals surface area contributed by atoms with Gasteiger partial charge >= 0.3 is 11.8 Å². The summed E-state index contributed by atoms with van der Waals surface area (Å²) in [5, 5.41) is 5.15. The maximum atomic E-state index is 11.9. The Kier molecular flexibility index (Phi) is 6.83. The molecule has 0 aromatic heterocycles. The molecule has 5 nitrogen and oxygen atoms in total. The molecule has 2 rings (SSSR count). The van der Waals surface area contributed by atoms with Gasteiger partial charge in [0.2, 0.25) is 0 Å². The fraction of sp³-hybridized carbons (Fsp3) is 0.263. The second-order valence-corrected chi connectivity index (χ2v) is 5.35. The van der Waals surface area contributed by atoms with Gasteiger partial charge in [0.15, 0.2) is 0 Å². The molecule has 2 amide bonds. The van der Waals surface area contributed by atoms with Crippen molar-refractivity contribution in [3.05, 3.63) is 60.2 Å². The molecule has 0 spiro atoms. The molecule has 2 aromatic rings. The Morgan fingerprint density at radius 2 is 1.67 bits per heavy atom. The Hall–Kier alpha value is -2.82. The largest absolute Gasteiger partial charge is 0.494 e. The predicted molar refractivity (Wildman–Crippen MR) is 93.8 cm³/mol. The summed E-state index contributed by atoms with van der Waals surface area (Å²) < 4.78 is 5.55. The van der Waals surface area contributed by atoms with Gasteiger partial charge in [0.05, 0.1) is 6.61 Å². The van der Waals surface area contributed by atoms with Gasteiger partial charge in [-0.2, -0.15) is 0 Å². The molecule has 0 fully saturated rings. The zero-order chi connectivity index (χ0) is 17.2. The van der Waals surface area contributed by atoms with Crippen LogP contribution in [-0.4, -0.2) is 18.4 Å². The highest BCUT2D eigenvalue weighted by Gasteiger charge is 2.13. The van der Waals surface area contributed by atoms with Crippen LogP contribution in [0.5, 0.6) is 5.75 Å². The maximum Gasteiger partial charge on any atom is 0.313 e. The lowest BCUT2D eigenvalue weighted by Gasteiger charge is -2.08. The average molecular weight is 326 g/mol. The third-order valence-electron chi connectivity index (χ3n) is 3.38. The SMILES string of the molecule is CCCCOc1ccc(NC(=O)C(=O)NCc2ccccc2)cc1. The quantitative estimate of drug-likeness (QED) is 0.607. The Balaban J connectivity index is 1.79. The minimum Gasteiger partial charge on any atom is -0.494 e. The van der Waals surface area contributed by atoms with Gasteiger partial charge in [-0.3, -0.25) is 9.59 Å². The zero-order valence-corrected chi connectivity index (χ0v) is 13.7. The van der Waals surface area contributed by atoms with Gasteiger partial charge in [0.25, 0.3) is 0 Å². The number of rotatable bonds is 7. The molecule has 0 heterocycles. The van der Waals surface area contributed by atoms with Crippen LogP contribution < -0.4 is 15.4 Å². The summed E-state index contributed by atoms with van der Waals surface area (Å²) in [5.74, 6) is -0.609. The van der Waals surface area contributed by atoms with Gasteiger partial charge in [-0.15, -0.1) is 0 Å². The number of hydrogen-bond donors (Lipinski definition) is 2. The molecule has 0 saturated heterocycles. The number of unbranched alkanes of at least 4 members (excludes halogenated alkanes) is 1. The van der Waals surface area contributed by atoms with E-state index in [1.807, 2.05) is 30.3 Å². The second kappa shape index (κ2) is 9.35. The fourth-order valence-corrected chi connectivity index (χ4v) is 2.02. The number of carbonyl (C=O) groups is 2. The second-order valence-electron chi connectivity index (χ2n) is 5.35. The predicted octanol–water partition coefficient (Wildman–Crippen LogP) is 3.12. The molecule has 0 saturated carbocycles. The van der Waals surface area contributed by atoms with Gasteiger partial charge in [-0.25, -0.2) is 0 Å². The molecule has 0 bridgehead atoms. The summed E-state index contributed by atoms with van der Waals surface area (Å²) in [6.07, 6.45) is 2.08. The molecule has 0 radical (unpaired) electrons. The van der Waals surface area contributed by atoms with Crippen LogP contribution in [0, 0.1) is 0 Å². The molecule has 0 aliphatic rings. The summed E-state index contributed by atoms with van der Waals surface area (Å²) in [5.41, 5.74) is 1.49. The summed E-state index contributed by atoms with van der Waals surface area (Å²) >= 11 is 0. The molecular weight excluding hydrogens is 304 g/mol. The molecule has 0 atom stereocenters. The summed E-state index contributed by atoms with van der Waals surface area (Å²) in [6.45, 7) is 3.09. The lowest BCUT2D eigenvalue weighted by atomic mass is 10.2. The van der Waals surface area contributed by atoms with Gasteiger partial charge in [-0.1, -0.05) is 43.7 Å². The van der Waals surface area contributed by atoms with E-state index in [1.165, 1.54) is 0 Å². The number of amides is 2. The van der Waals surface area contributed by atoms with E-state index in [2.05, 4.69) is 17.6 Å². The Morgan fingerprint density at radius 3 is 2.33 bits per heavy atom. The van der Waals surface area contributed by atoms with Crippen molar-refractivity contribution in [2.45, 2.75) is 26.3 Å². The van der Waals surface area contributed by atoms with Crippen molar-refractivity contribution in [1.29, 1.82) is 0 Å². The third-order valence-corrected chi connectivity index (χ3v) is 3.38. The molecular formula is C19H22N2O3. The van der Waals surface area contributed by atoms with E-state index in [9.17, 15) is 9.59 Å². The minimum absolute atomic E-state index is 0.317. The molecule has 2 N–H and O–H groups in total. The Morgan fingerprint density at radius 1 is 0.958 bits per heavy atom. The van der Waals surface area contributed by atoms with Crippen LogP contribution in [0.1, 0.15) is 25.3 Å². The fourth-order valence-electron chi connectivity index (χ4n) is 2.02. The van der Waals surface area contributed by atoms with E-state index in [0.717, 1.165) is 24.2 Å². The van der Waals surface area contributed by atoms with Crippen molar-refractivity contribution >= 4 is 17.5 Å². The summed E-state index contributed by atoms with van der Waals surface area (Å²) in [7, 11) is 0. The zero-order valence-electron chi connectivity index (χ0n) is 13.7. The number of carbonyl (C=O) groups excluding carboxylic acids is 2. The van der Waals surface area contributed by atoms with E-state index in [1.54, 1.807) is 24.3 Å². The standard InChI is InChI=1S/C19H22N2O3/c1-2-3-13-24-17-11-9-16(10-12-17)21-19(23)18(22)20-14-15-7-5-4-6-8-15/h4-12H,2-3,13-14H2,1H3,(H,20,22)(H,21,23). The maximum absolute atomic E-state index is 11.9. The Bertz CT molecular complexity index is 654.